The van der Waals surface area contributed by atoms with E-state index in [1.54, 1.807) is 36.3 Å². The van der Waals surface area contributed by atoms with Crippen molar-refractivity contribution in [2.45, 2.75) is 38.1 Å². The van der Waals surface area contributed by atoms with Gasteiger partial charge in [0.05, 0.1) is 18.6 Å². The van der Waals surface area contributed by atoms with Crippen molar-refractivity contribution in [1.29, 1.82) is 0 Å². The van der Waals surface area contributed by atoms with Crippen LogP contribution in [0.25, 0.3) is 0 Å². The minimum atomic E-state index is -3.79. The van der Waals surface area contributed by atoms with Gasteiger partial charge in [0.25, 0.3) is 10.0 Å². The van der Waals surface area contributed by atoms with Crippen molar-refractivity contribution in [3.05, 3.63) is 48.0 Å². The minimum absolute atomic E-state index is 0.0589. The fourth-order valence-electron chi connectivity index (χ4n) is 3.75. The standard InChI is InChI=1S/C25H37N3O5S/c1-7-19(8-2)25(29)28(15-16-32-5)18-20-17-21(9-14-24(20)27(3)4)26-34(30,31)23-12-10-22(33-6)11-13-23/h9-14,17,19,26H,7-8,15-16,18H2,1-6H3. The molecule has 0 unspecified atom stereocenters. The summed E-state index contributed by atoms with van der Waals surface area (Å²) in [6.07, 6.45) is 1.53. The Bertz CT molecular complexity index is 1040. The van der Waals surface area contributed by atoms with Crippen LogP contribution in [0.4, 0.5) is 11.4 Å². The van der Waals surface area contributed by atoms with E-state index in [2.05, 4.69) is 4.72 Å². The third-order valence-electron chi connectivity index (χ3n) is 5.76. The third kappa shape index (κ3) is 7.11. The molecule has 0 atom stereocenters. The first-order valence-corrected chi connectivity index (χ1v) is 12.9. The van der Waals surface area contributed by atoms with E-state index < -0.39 is 10.0 Å². The molecule has 188 valence electrons. The summed E-state index contributed by atoms with van der Waals surface area (Å²) in [6.45, 7) is 5.26. The predicted molar refractivity (Wildman–Crippen MR) is 136 cm³/mol. The zero-order valence-electron chi connectivity index (χ0n) is 21.0. The van der Waals surface area contributed by atoms with Crippen LogP contribution in [0.1, 0.15) is 32.3 Å². The number of nitrogens with one attached hydrogen (secondary N) is 1. The summed E-state index contributed by atoms with van der Waals surface area (Å²) >= 11 is 0. The molecule has 2 rings (SSSR count). The van der Waals surface area contributed by atoms with Gasteiger partial charge in [-0.05, 0) is 60.9 Å². The van der Waals surface area contributed by atoms with Crippen molar-refractivity contribution >= 4 is 27.3 Å². The molecule has 0 saturated carbocycles. The molecule has 9 heteroatoms. The molecule has 0 aromatic heterocycles. The fourth-order valence-corrected chi connectivity index (χ4v) is 4.80. The van der Waals surface area contributed by atoms with Gasteiger partial charge in [-0.25, -0.2) is 8.42 Å². The second-order valence-corrected chi connectivity index (χ2v) is 9.97. The maximum atomic E-state index is 13.2. The van der Waals surface area contributed by atoms with Gasteiger partial charge in [-0.2, -0.15) is 0 Å². The molecule has 2 aromatic carbocycles. The Kier molecular flexibility index (Phi) is 10.2. The van der Waals surface area contributed by atoms with Crippen LogP contribution in [-0.4, -0.2) is 60.7 Å². The summed E-state index contributed by atoms with van der Waals surface area (Å²) in [5.74, 6) is 0.599. The van der Waals surface area contributed by atoms with Crippen LogP contribution >= 0.6 is 0 Å². The van der Waals surface area contributed by atoms with E-state index in [4.69, 9.17) is 9.47 Å². The Morgan fingerprint density at radius 1 is 1.03 bits per heavy atom. The molecule has 0 radical (unpaired) electrons. The molecule has 0 aliphatic carbocycles. The molecule has 34 heavy (non-hydrogen) atoms. The molecule has 0 heterocycles. The Hall–Kier alpha value is -2.78. The predicted octanol–water partition coefficient (Wildman–Crippen LogP) is 3.97. The lowest BCUT2D eigenvalue weighted by Gasteiger charge is -2.29. The highest BCUT2D eigenvalue weighted by atomic mass is 32.2. The number of amides is 1. The van der Waals surface area contributed by atoms with Crippen molar-refractivity contribution in [2.24, 2.45) is 5.92 Å². The van der Waals surface area contributed by atoms with Crippen molar-refractivity contribution < 1.29 is 22.7 Å². The van der Waals surface area contributed by atoms with E-state index in [0.29, 0.717) is 31.1 Å². The molecule has 2 aromatic rings. The van der Waals surface area contributed by atoms with Crippen molar-refractivity contribution in [1.82, 2.24) is 4.90 Å². The first-order chi connectivity index (χ1) is 16.2. The number of benzene rings is 2. The second-order valence-electron chi connectivity index (χ2n) is 8.28. The maximum absolute atomic E-state index is 13.2. The second kappa shape index (κ2) is 12.6. The molecular weight excluding hydrogens is 454 g/mol. The summed E-state index contributed by atoms with van der Waals surface area (Å²) in [6, 6.07) is 11.6. The van der Waals surface area contributed by atoms with E-state index in [1.165, 1.54) is 19.2 Å². The number of methoxy groups -OCH3 is 2. The number of anilines is 2. The SMILES string of the molecule is CCC(CC)C(=O)N(CCOC)Cc1cc(NS(=O)(=O)c2ccc(OC)cc2)ccc1N(C)C. The van der Waals surface area contributed by atoms with E-state index in [-0.39, 0.29) is 16.7 Å². The lowest BCUT2D eigenvalue weighted by Crippen LogP contribution is -2.38. The van der Waals surface area contributed by atoms with Gasteiger partial charge in [0.2, 0.25) is 5.91 Å². The number of carbonyl (C=O) groups is 1. The number of carbonyl (C=O) groups excluding carboxylic acids is 1. The van der Waals surface area contributed by atoms with Gasteiger partial charge >= 0.3 is 0 Å². The molecule has 0 aliphatic heterocycles. The number of hydrogen-bond donors (Lipinski definition) is 1. The Balaban J connectivity index is 2.37. The van der Waals surface area contributed by atoms with E-state index in [9.17, 15) is 13.2 Å². The molecule has 1 N–H and O–H groups in total. The van der Waals surface area contributed by atoms with Crippen LogP contribution in [0.2, 0.25) is 0 Å². The summed E-state index contributed by atoms with van der Waals surface area (Å²) in [7, 11) is 3.19. The van der Waals surface area contributed by atoms with Crippen LogP contribution < -0.4 is 14.4 Å². The number of sulfonamides is 1. The average Bonchev–Trinajstić information content (AvgIpc) is 2.82. The quantitative estimate of drug-likeness (QED) is 0.456. The molecule has 1 amide bonds. The lowest BCUT2D eigenvalue weighted by molar-refractivity contribution is -0.137. The summed E-state index contributed by atoms with van der Waals surface area (Å²) in [5, 5.41) is 0. The topological polar surface area (TPSA) is 88.2 Å². The van der Waals surface area contributed by atoms with Gasteiger partial charge in [-0.15, -0.1) is 0 Å². The first-order valence-electron chi connectivity index (χ1n) is 11.4. The average molecular weight is 492 g/mol. The Labute approximate surface area is 203 Å². The summed E-state index contributed by atoms with van der Waals surface area (Å²) in [5.41, 5.74) is 2.18. The molecule has 0 fully saturated rings. The van der Waals surface area contributed by atoms with Gasteiger partial charge < -0.3 is 19.3 Å². The Morgan fingerprint density at radius 3 is 2.21 bits per heavy atom. The Morgan fingerprint density at radius 2 is 1.68 bits per heavy atom. The lowest BCUT2D eigenvalue weighted by atomic mass is 10.0. The normalized spacial score (nSPS) is 11.4. The minimum Gasteiger partial charge on any atom is -0.497 e. The summed E-state index contributed by atoms with van der Waals surface area (Å²) < 4.78 is 38.9. The number of nitrogens with zero attached hydrogens (tertiary/aromatic N) is 2. The van der Waals surface area contributed by atoms with E-state index in [0.717, 1.165) is 24.1 Å². The van der Waals surface area contributed by atoms with Crippen LogP contribution in [0.15, 0.2) is 47.4 Å². The molecule has 8 nitrogen and oxygen atoms in total. The molecule has 0 saturated heterocycles. The zero-order valence-corrected chi connectivity index (χ0v) is 21.8. The van der Waals surface area contributed by atoms with E-state index in [1.807, 2.05) is 38.9 Å². The maximum Gasteiger partial charge on any atom is 0.261 e. The zero-order chi connectivity index (χ0) is 25.3. The van der Waals surface area contributed by atoms with Crippen LogP contribution in [0, 0.1) is 5.92 Å². The first kappa shape index (κ1) is 27.5. The highest BCUT2D eigenvalue weighted by molar-refractivity contribution is 7.92. The molecular formula is C25H37N3O5S. The van der Waals surface area contributed by atoms with Gasteiger partial charge in [-0.3, -0.25) is 9.52 Å². The molecule has 0 spiro atoms. The molecule has 0 aliphatic rings. The van der Waals surface area contributed by atoms with Crippen LogP contribution in [-0.2, 0) is 26.1 Å². The van der Waals surface area contributed by atoms with Crippen molar-refractivity contribution in [3.63, 3.8) is 0 Å². The fraction of sp³-hybridized carbons (Fsp3) is 0.480. The van der Waals surface area contributed by atoms with Gasteiger partial charge in [0.1, 0.15) is 5.75 Å². The van der Waals surface area contributed by atoms with Gasteiger partial charge in [-0.1, -0.05) is 13.8 Å². The smallest absolute Gasteiger partial charge is 0.261 e. The molecule has 0 bridgehead atoms. The van der Waals surface area contributed by atoms with Gasteiger partial charge in [0, 0.05) is 51.6 Å². The highest BCUT2D eigenvalue weighted by Crippen LogP contribution is 2.27. The van der Waals surface area contributed by atoms with Crippen molar-refractivity contribution in [3.8, 4) is 5.75 Å². The van der Waals surface area contributed by atoms with Crippen molar-refractivity contribution in [2.75, 3.05) is 51.1 Å². The van der Waals surface area contributed by atoms with Gasteiger partial charge in [0.15, 0.2) is 0 Å². The van der Waals surface area contributed by atoms with Crippen LogP contribution in [0.3, 0.4) is 0 Å². The monoisotopic (exact) mass is 491 g/mol. The van der Waals surface area contributed by atoms with E-state index >= 15 is 0 Å². The number of hydrogen-bond acceptors (Lipinski definition) is 6. The third-order valence-corrected chi connectivity index (χ3v) is 7.15. The van der Waals surface area contributed by atoms with Crippen LogP contribution in [0.5, 0.6) is 5.75 Å². The number of ether oxygens (including phenoxy) is 2. The number of rotatable bonds is 13. The largest absolute Gasteiger partial charge is 0.497 e. The summed E-state index contributed by atoms with van der Waals surface area (Å²) in [4.78, 5) is 17.1. The highest BCUT2D eigenvalue weighted by Gasteiger charge is 2.23.